The molecule has 1 fully saturated rings. The number of nitrogens with two attached hydrogens (primary N) is 1. The minimum Gasteiger partial charge on any atom is -0.493 e. The highest BCUT2D eigenvalue weighted by Crippen LogP contribution is 2.33. The van der Waals surface area contributed by atoms with E-state index in [2.05, 4.69) is 22.9 Å². The van der Waals surface area contributed by atoms with Crippen LogP contribution in [0.4, 0.5) is 5.69 Å². The number of piperidine rings is 1. The number of anilines is 1. The van der Waals surface area contributed by atoms with Gasteiger partial charge in [-0.2, -0.15) is 0 Å². The highest BCUT2D eigenvalue weighted by Gasteiger charge is 2.27. The van der Waals surface area contributed by atoms with Gasteiger partial charge in [-0.25, -0.2) is 0 Å². The normalized spacial score (nSPS) is 21.8. The van der Waals surface area contributed by atoms with Gasteiger partial charge in [0.25, 0.3) is 0 Å². The van der Waals surface area contributed by atoms with E-state index < -0.39 is 0 Å². The lowest BCUT2D eigenvalue weighted by Crippen LogP contribution is -2.49. The molecule has 0 saturated carbocycles. The molecule has 0 spiro atoms. The third-order valence-corrected chi connectivity index (χ3v) is 3.67. The van der Waals surface area contributed by atoms with Gasteiger partial charge in [0, 0.05) is 24.3 Å². The average Bonchev–Trinajstić information content (AvgIpc) is 2.38. The summed E-state index contributed by atoms with van der Waals surface area (Å²) in [6, 6.07) is 2.66. The number of ether oxygens (including phenoxy) is 1. The Hall–Kier alpha value is -1.29. The van der Waals surface area contributed by atoms with Crippen molar-refractivity contribution in [2.75, 3.05) is 18.6 Å². The standard InChI is InChI=1S/C14H23N3O/c1-10-8-13(14(18-3)9-16-10)17-7-5-4-6-12(17)11(2)15/h8-9,11-12H,4-7,15H2,1-3H3. The van der Waals surface area contributed by atoms with E-state index in [0.29, 0.717) is 6.04 Å². The van der Waals surface area contributed by atoms with Gasteiger partial charge < -0.3 is 15.4 Å². The second kappa shape index (κ2) is 5.57. The van der Waals surface area contributed by atoms with E-state index in [1.165, 1.54) is 12.8 Å². The zero-order chi connectivity index (χ0) is 13.1. The third-order valence-electron chi connectivity index (χ3n) is 3.67. The van der Waals surface area contributed by atoms with E-state index in [4.69, 9.17) is 10.5 Å². The largest absolute Gasteiger partial charge is 0.493 e. The maximum atomic E-state index is 6.13. The van der Waals surface area contributed by atoms with Crippen LogP contribution in [0.15, 0.2) is 12.3 Å². The van der Waals surface area contributed by atoms with E-state index in [9.17, 15) is 0 Å². The van der Waals surface area contributed by atoms with Crippen LogP contribution >= 0.6 is 0 Å². The predicted molar refractivity (Wildman–Crippen MR) is 74.2 cm³/mol. The fraction of sp³-hybridized carbons (Fsp3) is 0.643. The minimum atomic E-state index is 0.170. The Morgan fingerprint density at radius 3 is 2.94 bits per heavy atom. The first-order valence-electron chi connectivity index (χ1n) is 6.66. The Kier molecular flexibility index (Phi) is 4.07. The lowest BCUT2D eigenvalue weighted by atomic mass is 9.96. The van der Waals surface area contributed by atoms with Gasteiger partial charge in [-0.05, 0) is 39.2 Å². The quantitative estimate of drug-likeness (QED) is 0.891. The minimum absolute atomic E-state index is 0.170. The van der Waals surface area contributed by atoms with Gasteiger partial charge in [0.05, 0.1) is 19.0 Å². The lowest BCUT2D eigenvalue weighted by Gasteiger charge is -2.40. The van der Waals surface area contributed by atoms with Crippen LogP contribution in [0, 0.1) is 6.92 Å². The van der Waals surface area contributed by atoms with Gasteiger partial charge in [0.2, 0.25) is 0 Å². The van der Waals surface area contributed by atoms with E-state index >= 15 is 0 Å². The first kappa shape index (κ1) is 13.1. The number of hydrogen-bond donors (Lipinski definition) is 1. The van der Waals surface area contributed by atoms with Crippen LogP contribution in [0.25, 0.3) is 0 Å². The molecule has 1 aromatic rings. The number of nitrogens with zero attached hydrogens (tertiary/aromatic N) is 2. The maximum Gasteiger partial charge on any atom is 0.160 e. The van der Waals surface area contributed by atoms with Gasteiger partial charge in [-0.15, -0.1) is 0 Å². The Bertz CT molecular complexity index is 406. The Morgan fingerprint density at radius 1 is 1.50 bits per heavy atom. The molecule has 2 rings (SSSR count). The Balaban J connectivity index is 2.35. The lowest BCUT2D eigenvalue weighted by molar-refractivity contribution is 0.389. The molecule has 4 heteroatoms. The molecule has 2 N–H and O–H groups in total. The Labute approximate surface area is 109 Å². The third kappa shape index (κ3) is 2.58. The number of methoxy groups -OCH3 is 1. The molecule has 18 heavy (non-hydrogen) atoms. The van der Waals surface area contributed by atoms with Crippen molar-refractivity contribution in [2.24, 2.45) is 5.73 Å². The maximum absolute atomic E-state index is 6.13. The molecule has 2 unspecified atom stereocenters. The Morgan fingerprint density at radius 2 is 2.28 bits per heavy atom. The van der Waals surface area contributed by atoms with E-state index in [-0.39, 0.29) is 6.04 Å². The second-order valence-electron chi connectivity index (χ2n) is 5.11. The van der Waals surface area contributed by atoms with Gasteiger partial charge in [-0.3, -0.25) is 4.98 Å². The van der Waals surface area contributed by atoms with Crippen molar-refractivity contribution in [3.05, 3.63) is 18.0 Å². The zero-order valence-electron chi connectivity index (χ0n) is 11.5. The second-order valence-corrected chi connectivity index (χ2v) is 5.11. The summed E-state index contributed by atoms with van der Waals surface area (Å²) in [5, 5.41) is 0. The molecular weight excluding hydrogens is 226 g/mol. The first-order valence-corrected chi connectivity index (χ1v) is 6.66. The van der Waals surface area contributed by atoms with E-state index in [1.807, 2.05) is 6.92 Å². The number of aryl methyl sites for hydroxylation is 1. The molecule has 1 aromatic heterocycles. The van der Waals surface area contributed by atoms with Crippen LogP contribution in [0.5, 0.6) is 5.75 Å². The topological polar surface area (TPSA) is 51.4 Å². The van der Waals surface area contributed by atoms with Crippen molar-refractivity contribution in [3.8, 4) is 5.75 Å². The highest BCUT2D eigenvalue weighted by molar-refractivity contribution is 5.59. The van der Waals surface area contributed by atoms with Crippen molar-refractivity contribution >= 4 is 5.69 Å². The molecule has 0 aliphatic carbocycles. The fourth-order valence-corrected chi connectivity index (χ4v) is 2.72. The van der Waals surface area contributed by atoms with E-state index in [1.54, 1.807) is 13.3 Å². The fourth-order valence-electron chi connectivity index (χ4n) is 2.72. The van der Waals surface area contributed by atoms with Gasteiger partial charge in [0.1, 0.15) is 0 Å². The smallest absolute Gasteiger partial charge is 0.160 e. The molecule has 0 bridgehead atoms. The SMILES string of the molecule is COc1cnc(C)cc1N1CCCCC1C(C)N. The van der Waals surface area contributed by atoms with Crippen LogP contribution in [0.3, 0.4) is 0 Å². The summed E-state index contributed by atoms with van der Waals surface area (Å²) in [5.74, 6) is 0.841. The summed E-state index contributed by atoms with van der Waals surface area (Å²) >= 11 is 0. The zero-order valence-corrected chi connectivity index (χ0v) is 11.5. The van der Waals surface area contributed by atoms with Crippen molar-refractivity contribution in [1.82, 2.24) is 4.98 Å². The summed E-state index contributed by atoms with van der Waals surface area (Å²) in [7, 11) is 1.70. The van der Waals surface area contributed by atoms with Gasteiger partial charge in [0.15, 0.2) is 5.75 Å². The predicted octanol–water partition coefficient (Wildman–Crippen LogP) is 2.10. The highest BCUT2D eigenvalue weighted by atomic mass is 16.5. The summed E-state index contributed by atoms with van der Waals surface area (Å²) in [6.45, 7) is 5.14. The molecule has 4 nitrogen and oxygen atoms in total. The van der Waals surface area contributed by atoms with Crippen molar-refractivity contribution in [3.63, 3.8) is 0 Å². The molecule has 1 aliphatic heterocycles. The molecule has 2 atom stereocenters. The van der Waals surface area contributed by atoms with Crippen molar-refractivity contribution in [1.29, 1.82) is 0 Å². The van der Waals surface area contributed by atoms with Gasteiger partial charge in [-0.1, -0.05) is 0 Å². The van der Waals surface area contributed by atoms with Crippen LogP contribution in [-0.4, -0.2) is 30.7 Å². The van der Waals surface area contributed by atoms with E-state index in [0.717, 1.165) is 30.1 Å². The molecule has 0 amide bonds. The monoisotopic (exact) mass is 249 g/mol. The molecular formula is C14H23N3O. The summed E-state index contributed by atoms with van der Waals surface area (Å²) in [4.78, 5) is 6.68. The number of rotatable bonds is 3. The van der Waals surface area contributed by atoms with Crippen molar-refractivity contribution in [2.45, 2.75) is 45.2 Å². The number of hydrogen-bond acceptors (Lipinski definition) is 4. The molecule has 1 saturated heterocycles. The first-order chi connectivity index (χ1) is 8.63. The molecule has 2 heterocycles. The van der Waals surface area contributed by atoms with Crippen LogP contribution in [-0.2, 0) is 0 Å². The molecule has 0 radical (unpaired) electrons. The van der Waals surface area contributed by atoms with Crippen LogP contribution < -0.4 is 15.4 Å². The summed E-state index contributed by atoms with van der Waals surface area (Å²) < 4.78 is 5.44. The number of aromatic nitrogens is 1. The van der Waals surface area contributed by atoms with Crippen molar-refractivity contribution < 1.29 is 4.74 Å². The van der Waals surface area contributed by atoms with Crippen LogP contribution in [0.1, 0.15) is 31.9 Å². The van der Waals surface area contributed by atoms with Crippen LogP contribution in [0.2, 0.25) is 0 Å². The molecule has 1 aliphatic rings. The summed E-state index contributed by atoms with van der Waals surface area (Å²) in [5.41, 5.74) is 8.27. The summed E-state index contributed by atoms with van der Waals surface area (Å²) in [6.07, 6.45) is 5.43. The molecule has 100 valence electrons. The average molecular weight is 249 g/mol. The number of pyridine rings is 1. The molecule has 0 aromatic carbocycles. The van der Waals surface area contributed by atoms with Gasteiger partial charge >= 0.3 is 0 Å².